The van der Waals surface area contributed by atoms with E-state index in [1.54, 1.807) is 78.9 Å². The Morgan fingerprint density at radius 1 is 0.314 bits per heavy atom. The molecule has 0 fully saturated rings. The summed E-state index contributed by atoms with van der Waals surface area (Å²) < 4.78 is 5.54. The van der Waals surface area contributed by atoms with E-state index in [-0.39, 0.29) is 99.0 Å². The van der Waals surface area contributed by atoms with Gasteiger partial charge in [-0.2, -0.15) is 28.8 Å². The molecule has 4 aromatic heterocycles. The Bertz CT molecular complexity index is 5650. The lowest BCUT2D eigenvalue weighted by molar-refractivity contribution is -0.304. The molecule has 30 heteroatoms. The third-order valence-electron chi connectivity index (χ3n) is 14.8. The van der Waals surface area contributed by atoms with Crippen LogP contribution in [0.5, 0.6) is 0 Å². The summed E-state index contributed by atoms with van der Waals surface area (Å²) in [5.41, 5.74) is 5.63. The summed E-state index contributed by atoms with van der Waals surface area (Å²) in [5, 5.41) is 78.1. The maximum absolute atomic E-state index is 13.0. The fourth-order valence-corrected chi connectivity index (χ4v) is 15.8. The zero-order chi connectivity index (χ0) is 77.0. The second-order valence-corrected chi connectivity index (χ2v) is 26.7. The molecule has 7 N–H and O–H groups in total. The van der Waals surface area contributed by atoms with Crippen LogP contribution in [0.25, 0.3) is 80.7 Å². The smallest absolute Gasteiger partial charge is 0.373 e. The van der Waals surface area contributed by atoms with Gasteiger partial charge in [0.2, 0.25) is 0 Å². The van der Waals surface area contributed by atoms with Gasteiger partial charge >= 0.3 is 60.2 Å². The van der Waals surface area contributed by atoms with E-state index in [9.17, 15) is 67.7 Å². The van der Waals surface area contributed by atoms with Crippen molar-refractivity contribution in [3.8, 4) is 0 Å². The average molecular weight is 1500 g/mol. The fourth-order valence-electron chi connectivity index (χ4n) is 11.1. The van der Waals surface area contributed by atoms with Crippen molar-refractivity contribution in [2.45, 2.75) is 79.6 Å². The number of carboxylic acid groups (broad SMARTS) is 8. The van der Waals surface area contributed by atoms with Gasteiger partial charge in [-0.3, -0.25) is 52.7 Å². The molecule has 0 saturated carbocycles. The van der Waals surface area contributed by atoms with Crippen molar-refractivity contribution >= 4 is 192 Å². The molecule has 105 heavy (non-hydrogen) atoms. The van der Waals surface area contributed by atoms with Gasteiger partial charge in [0.15, 0.2) is 21.7 Å². The quantitative estimate of drug-likeness (QED) is 0.0443. The monoisotopic (exact) mass is 1500 g/mol. The Morgan fingerprint density at radius 2 is 0.581 bits per heavy atom. The zero-order valence-electron chi connectivity index (χ0n) is 54.3. The van der Waals surface area contributed by atoms with Gasteiger partial charge in [0, 0.05) is 93.1 Å². The van der Waals surface area contributed by atoms with E-state index >= 15 is 0 Å². The van der Waals surface area contributed by atoms with E-state index in [1.807, 2.05) is 57.2 Å². The van der Waals surface area contributed by atoms with Gasteiger partial charge in [0.1, 0.15) is 0 Å². The second kappa shape index (κ2) is 37.8. The van der Waals surface area contributed by atoms with Crippen LogP contribution in [-0.4, -0.2) is 102 Å². The minimum Gasteiger partial charge on any atom is -0.550 e. The number of aryl methyl sites for hydroxylation is 3. The number of hydrogen-bond acceptors (Lipinski definition) is 23. The van der Waals surface area contributed by atoms with E-state index in [4.69, 9.17) is 59.4 Å². The lowest BCUT2D eigenvalue weighted by atomic mass is 10.0. The number of fused-ring (bicyclic) bond motifs is 8. The van der Waals surface area contributed by atoms with Crippen LogP contribution in [0.3, 0.4) is 0 Å². The standard InChI is InChI=1S/C19H16O5S.C18H14O5S.2C17H12O5S.3CO2.CH4/c1-9-3-10(2)18-13(4-9)17(24)14-6-11(7-15(20)21)5-12(8-16(22)23)19(14)25-18;1-9-2-3-14-12(4-9)17(23)13-6-10(7-15(19)20)5-11(8-16(21)22)18(13)24-14;2*18-14(19)7-9-5-10(8-15(20)21)17-12(6-9)16(22)11-3-1-2-4-13(11)23-17;3*2-1-3;/h3-6H,7-8H2,1-2H3,(H,20,21)(H,22,23);2-6H,7-8H2,1H3,(H,19,20)(H,21,22);2*1-6H,7-8H2,(H,18,19)(H,20,21);;;;1H4/p-1. The van der Waals surface area contributed by atoms with Gasteiger partial charge in [-0.05, 0) is 138 Å². The van der Waals surface area contributed by atoms with Crippen molar-refractivity contribution in [3.63, 3.8) is 0 Å². The first-order valence-electron chi connectivity index (χ1n) is 29.9. The van der Waals surface area contributed by atoms with Crippen molar-refractivity contribution in [3.05, 3.63) is 229 Å². The van der Waals surface area contributed by atoms with Crippen molar-refractivity contribution in [1.82, 2.24) is 0 Å². The number of carbonyl (C=O) groups excluding carboxylic acids is 7. The van der Waals surface area contributed by atoms with Gasteiger partial charge in [-0.1, -0.05) is 79.2 Å². The molecule has 0 aliphatic carbocycles. The molecular weight excluding hydrogens is 1450 g/mol. The Balaban J connectivity index is 0.000000241. The molecule has 0 radical (unpaired) electrons. The van der Waals surface area contributed by atoms with Gasteiger partial charge in [0.25, 0.3) is 0 Å². The summed E-state index contributed by atoms with van der Waals surface area (Å²) in [6, 6.07) is 36.0. The third kappa shape index (κ3) is 21.9. The number of rotatable bonds is 16. The van der Waals surface area contributed by atoms with Crippen LogP contribution >= 0.6 is 45.3 Å². The van der Waals surface area contributed by atoms with Crippen LogP contribution in [-0.2, 0) is 118 Å². The Morgan fingerprint density at radius 3 is 0.905 bits per heavy atom. The minimum absolute atomic E-state index is 0. The normalized spacial score (nSPS) is 10.2. The molecule has 0 amide bonds. The third-order valence-corrected chi connectivity index (χ3v) is 20.0. The first-order chi connectivity index (χ1) is 49.3. The molecule has 538 valence electrons. The molecule has 26 nitrogen and oxygen atoms in total. The molecule has 0 spiro atoms. The van der Waals surface area contributed by atoms with Crippen LogP contribution in [0.1, 0.15) is 68.6 Å². The molecule has 4 heterocycles. The van der Waals surface area contributed by atoms with E-state index in [1.165, 1.54) is 57.5 Å². The number of carboxylic acids is 8. The zero-order valence-corrected chi connectivity index (χ0v) is 57.6. The second-order valence-electron chi connectivity index (χ2n) is 22.5. The fraction of sp³-hybridized carbons (Fsp3) is 0.160. The number of hydrogen-bond donors (Lipinski definition) is 7. The maximum atomic E-state index is 13.0. The van der Waals surface area contributed by atoms with E-state index in [2.05, 4.69) is 0 Å². The van der Waals surface area contributed by atoms with Crippen LogP contribution in [0.4, 0.5) is 0 Å². The highest BCUT2D eigenvalue weighted by Gasteiger charge is 2.20. The predicted octanol–water partition coefficient (Wildman–Crippen LogP) is 9.15. The van der Waals surface area contributed by atoms with Crippen molar-refractivity contribution < 1.29 is 108 Å². The number of benzene rings is 8. The SMILES string of the molecule is C.Cc1cc(C)c2sc3c(CC(=O)O)cc(CC(=O)O)cc3c(=O)c2c1.Cc1ccc2sc3c(CC(=O)O)cc(CC(=O)O)cc3c(=O)c2c1.O=C(O)Cc1cc(CC(=O)O)c2sc3ccccc3c(=O)c2c1.O=C([O-])Cc1cc(CC(=O)O)cc2c(=O)c3ccccc3sc12.O=C=O.O=C=O.O=C=O. The molecular formula is C75H57O26S4-. The predicted molar refractivity (Wildman–Crippen MR) is 386 cm³/mol. The lowest BCUT2D eigenvalue weighted by Gasteiger charge is -2.10. The summed E-state index contributed by atoms with van der Waals surface area (Å²) >= 11 is 5.42. The number of carbonyl (C=O) groups is 8. The highest BCUT2D eigenvalue weighted by atomic mass is 32.1. The van der Waals surface area contributed by atoms with Gasteiger partial charge in [-0.15, -0.1) is 45.3 Å². The largest absolute Gasteiger partial charge is 0.550 e. The van der Waals surface area contributed by atoms with E-state index < -0.39 is 47.8 Å². The van der Waals surface area contributed by atoms with Crippen LogP contribution in [0.2, 0.25) is 0 Å². The first-order valence-corrected chi connectivity index (χ1v) is 33.2. The van der Waals surface area contributed by atoms with E-state index in [0.29, 0.717) is 106 Å². The summed E-state index contributed by atoms with van der Waals surface area (Å²) in [6.45, 7) is 5.73. The lowest BCUT2D eigenvalue weighted by Crippen LogP contribution is -2.24. The molecule has 0 atom stereocenters. The molecule has 8 aromatic carbocycles. The van der Waals surface area contributed by atoms with Gasteiger partial charge in [-0.25, -0.2) is 0 Å². The molecule has 0 aliphatic rings. The van der Waals surface area contributed by atoms with Crippen molar-refractivity contribution in [1.29, 1.82) is 0 Å². The van der Waals surface area contributed by atoms with E-state index in [0.717, 1.165) is 35.5 Å². The van der Waals surface area contributed by atoms with Crippen molar-refractivity contribution in [2.75, 3.05) is 0 Å². The minimum atomic E-state index is -1.27. The molecule has 0 unspecified atom stereocenters. The molecule has 0 saturated heterocycles. The topological polar surface area (TPSA) is 472 Å². The maximum Gasteiger partial charge on any atom is 0.373 e. The Hall–Kier alpha value is -12.8. The number of aliphatic carboxylic acids is 8. The van der Waals surface area contributed by atoms with Crippen LogP contribution in [0.15, 0.2) is 147 Å². The molecule has 12 rings (SSSR count). The summed E-state index contributed by atoms with van der Waals surface area (Å²) in [5.74, 6) is -8.45. The molecule has 0 aliphatic heterocycles. The molecule has 0 bridgehead atoms. The summed E-state index contributed by atoms with van der Waals surface area (Å²) in [7, 11) is 0. The van der Waals surface area contributed by atoms with Crippen LogP contribution < -0.4 is 26.8 Å². The summed E-state index contributed by atoms with van der Waals surface area (Å²) in [6.07, 6.45) is -1.40. The van der Waals surface area contributed by atoms with Gasteiger partial charge < -0.3 is 45.6 Å². The van der Waals surface area contributed by atoms with Crippen molar-refractivity contribution in [2.24, 2.45) is 0 Å². The highest BCUT2D eigenvalue weighted by Crippen LogP contribution is 2.35. The highest BCUT2D eigenvalue weighted by molar-refractivity contribution is 7.26. The Kier molecular flexibility index (Phi) is 29.8. The molecule has 12 aromatic rings. The Labute approximate surface area is 605 Å². The van der Waals surface area contributed by atoms with Crippen LogP contribution in [0, 0.1) is 20.8 Å². The van der Waals surface area contributed by atoms with Gasteiger partial charge in [0.05, 0.1) is 44.9 Å². The first kappa shape index (κ1) is 82.9. The summed E-state index contributed by atoms with van der Waals surface area (Å²) in [4.78, 5) is 188. The average Bonchev–Trinajstić information content (AvgIpc) is 0.783.